The molecule has 0 saturated carbocycles. The Hall–Kier alpha value is -5.57. The zero-order valence-electron chi connectivity index (χ0n) is 31.9. The molecule has 7 rings (SSSR count). The first-order valence-corrected chi connectivity index (χ1v) is 18.9. The third kappa shape index (κ3) is 9.27. The maximum absolute atomic E-state index is 14.9. The Morgan fingerprint density at radius 1 is 0.946 bits per heavy atom. The highest BCUT2D eigenvalue weighted by Crippen LogP contribution is 2.38. The van der Waals surface area contributed by atoms with Crippen LogP contribution in [-0.4, -0.2) is 90.3 Å². The van der Waals surface area contributed by atoms with Crippen molar-refractivity contribution in [1.29, 1.82) is 0 Å². The first-order chi connectivity index (χ1) is 27.2. The van der Waals surface area contributed by atoms with Gasteiger partial charge >= 0.3 is 6.03 Å². The maximum atomic E-state index is 14.9. The second kappa shape index (κ2) is 17.5. The van der Waals surface area contributed by atoms with Crippen molar-refractivity contribution in [2.75, 3.05) is 61.6 Å². The van der Waals surface area contributed by atoms with Gasteiger partial charge in [0.05, 0.1) is 6.61 Å². The Morgan fingerprint density at radius 2 is 1.62 bits per heavy atom. The molecule has 2 aliphatic heterocycles. The van der Waals surface area contributed by atoms with E-state index >= 15 is 0 Å². The highest BCUT2D eigenvalue weighted by atomic mass is 19.1. The maximum Gasteiger partial charge on any atom is 0.321 e. The van der Waals surface area contributed by atoms with Gasteiger partial charge in [-0.25, -0.2) is 23.2 Å². The zero-order chi connectivity index (χ0) is 39.1. The van der Waals surface area contributed by atoms with E-state index in [9.17, 15) is 13.6 Å². The Labute approximate surface area is 326 Å². The molecule has 2 N–H and O–H groups in total. The van der Waals surface area contributed by atoms with Gasteiger partial charge in [0.2, 0.25) is 5.79 Å². The Morgan fingerprint density at radius 3 is 2.27 bits per heavy atom. The van der Waals surface area contributed by atoms with Crippen molar-refractivity contribution in [1.82, 2.24) is 25.0 Å². The van der Waals surface area contributed by atoms with Crippen molar-refractivity contribution in [2.24, 2.45) is 0 Å². The number of anilines is 3. The van der Waals surface area contributed by atoms with Crippen molar-refractivity contribution in [3.63, 3.8) is 0 Å². The molecule has 1 unspecified atom stereocenters. The molecule has 0 radical (unpaired) electrons. The van der Waals surface area contributed by atoms with E-state index in [1.165, 1.54) is 35.0 Å². The van der Waals surface area contributed by atoms with Crippen LogP contribution in [0.25, 0.3) is 0 Å². The predicted molar refractivity (Wildman–Crippen MR) is 211 cm³/mol. The van der Waals surface area contributed by atoms with Crippen LogP contribution in [-0.2, 0) is 28.4 Å². The number of likely N-dealkylation sites (N-methyl/N-ethyl adjacent to an activating group) is 1. The number of halogens is 2. The highest BCUT2D eigenvalue weighted by Gasteiger charge is 2.46. The van der Waals surface area contributed by atoms with Crippen LogP contribution in [0.5, 0.6) is 5.75 Å². The quantitative estimate of drug-likeness (QED) is 0.135. The lowest BCUT2D eigenvalue weighted by Gasteiger charge is -2.37. The molecule has 2 amide bonds. The van der Waals surface area contributed by atoms with Crippen molar-refractivity contribution < 1.29 is 27.8 Å². The SMILES string of the molecule is CC([C@H](C)NCc1ccccc1)N(C)C(=O)Nc1ccc(N2CCN(c3ccc(OC[C@@H]4CO[C@@](Cn5cncn5)(c5ccc(F)cc5F)O4)cc3)CC2)cc1. The minimum absolute atomic E-state index is 0.0129. The van der Waals surface area contributed by atoms with Gasteiger partial charge in [0.15, 0.2) is 0 Å². The van der Waals surface area contributed by atoms with Gasteiger partial charge in [-0.3, -0.25) is 0 Å². The van der Waals surface area contributed by atoms with E-state index in [2.05, 4.69) is 61.7 Å². The van der Waals surface area contributed by atoms with E-state index in [-0.39, 0.29) is 43.4 Å². The first-order valence-electron chi connectivity index (χ1n) is 18.9. The summed E-state index contributed by atoms with van der Waals surface area (Å²) < 4.78 is 48.5. The number of hydrogen-bond acceptors (Lipinski definition) is 9. The second-order valence-corrected chi connectivity index (χ2v) is 14.3. The largest absolute Gasteiger partial charge is 0.491 e. The van der Waals surface area contributed by atoms with Gasteiger partial charge in [0, 0.05) is 80.5 Å². The van der Waals surface area contributed by atoms with E-state index in [0.717, 1.165) is 55.9 Å². The molecule has 0 bridgehead atoms. The number of nitrogens with one attached hydrogen (secondary N) is 2. The van der Waals surface area contributed by atoms with E-state index in [1.54, 1.807) is 4.90 Å². The number of carbonyl (C=O) groups excluding carboxylic acids is 1. The van der Waals surface area contributed by atoms with Crippen LogP contribution in [0, 0.1) is 11.6 Å². The van der Waals surface area contributed by atoms with Gasteiger partial charge in [0.25, 0.3) is 0 Å². The average Bonchev–Trinajstić information content (AvgIpc) is 3.90. The normalized spacial score (nSPS) is 19.4. The van der Waals surface area contributed by atoms with Gasteiger partial charge in [-0.2, -0.15) is 5.10 Å². The summed E-state index contributed by atoms with van der Waals surface area (Å²) in [5, 5.41) is 10.7. The van der Waals surface area contributed by atoms with Crippen LogP contribution in [0.15, 0.2) is 110 Å². The fraction of sp³-hybridized carbons (Fsp3) is 0.357. The monoisotopic (exact) mass is 766 g/mol. The lowest BCUT2D eigenvalue weighted by Crippen LogP contribution is -2.48. The Bertz CT molecular complexity index is 2020. The van der Waals surface area contributed by atoms with Crippen LogP contribution < -0.4 is 25.2 Å². The molecule has 0 aliphatic carbocycles. The van der Waals surface area contributed by atoms with Gasteiger partial charge in [0.1, 0.15) is 49.3 Å². The fourth-order valence-electron chi connectivity index (χ4n) is 6.98. The third-order valence-electron chi connectivity index (χ3n) is 10.6. The predicted octanol–water partition coefficient (Wildman–Crippen LogP) is 6.26. The molecule has 14 heteroatoms. The summed E-state index contributed by atoms with van der Waals surface area (Å²) in [4.78, 5) is 23.4. The molecule has 2 fully saturated rings. The van der Waals surface area contributed by atoms with E-state index < -0.39 is 23.5 Å². The number of ether oxygens (including phenoxy) is 3. The van der Waals surface area contributed by atoms with Gasteiger partial charge in [-0.15, -0.1) is 0 Å². The summed E-state index contributed by atoms with van der Waals surface area (Å²) in [5.41, 5.74) is 4.24. The number of rotatable bonds is 14. The van der Waals surface area contributed by atoms with Crippen LogP contribution >= 0.6 is 0 Å². The van der Waals surface area contributed by atoms with Crippen LogP contribution in [0.2, 0.25) is 0 Å². The van der Waals surface area contributed by atoms with Gasteiger partial charge < -0.3 is 39.5 Å². The number of amides is 2. The molecule has 56 heavy (non-hydrogen) atoms. The summed E-state index contributed by atoms with van der Waals surface area (Å²) in [6.07, 6.45) is 2.34. The number of urea groups is 1. The average molecular weight is 767 g/mol. The summed E-state index contributed by atoms with van der Waals surface area (Å²) in [6.45, 7) is 8.63. The molecule has 3 heterocycles. The van der Waals surface area contributed by atoms with E-state index in [1.807, 2.05) is 68.6 Å². The summed E-state index contributed by atoms with van der Waals surface area (Å²) in [6, 6.07) is 29.4. The molecule has 294 valence electrons. The molecule has 1 aromatic heterocycles. The molecule has 4 atom stereocenters. The zero-order valence-corrected chi connectivity index (χ0v) is 31.9. The summed E-state index contributed by atoms with van der Waals surface area (Å²) in [5.74, 6) is -2.31. The van der Waals surface area contributed by atoms with Crippen LogP contribution in [0.1, 0.15) is 25.0 Å². The number of benzene rings is 4. The van der Waals surface area contributed by atoms with E-state index in [4.69, 9.17) is 14.2 Å². The van der Waals surface area contributed by atoms with Gasteiger partial charge in [-0.05, 0) is 80.1 Å². The lowest BCUT2D eigenvalue weighted by molar-refractivity contribution is -0.192. The van der Waals surface area contributed by atoms with Crippen molar-refractivity contribution in [2.45, 2.75) is 50.9 Å². The highest BCUT2D eigenvalue weighted by molar-refractivity contribution is 5.89. The summed E-state index contributed by atoms with van der Waals surface area (Å²) in [7, 11) is 1.82. The number of nitrogens with zero attached hydrogens (tertiary/aromatic N) is 6. The van der Waals surface area contributed by atoms with Crippen molar-refractivity contribution in [3.8, 4) is 5.75 Å². The number of hydrogen-bond donors (Lipinski definition) is 2. The lowest BCUT2D eigenvalue weighted by atomic mass is 10.0. The molecule has 2 aliphatic rings. The second-order valence-electron chi connectivity index (χ2n) is 14.3. The van der Waals surface area contributed by atoms with Gasteiger partial charge in [-0.1, -0.05) is 30.3 Å². The van der Waals surface area contributed by atoms with Crippen LogP contribution in [0.4, 0.5) is 30.6 Å². The van der Waals surface area contributed by atoms with Crippen LogP contribution in [0.3, 0.4) is 0 Å². The number of carbonyl (C=O) groups is 1. The minimum atomic E-state index is -1.51. The third-order valence-corrected chi connectivity index (χ3v) is 10.6. The smallest absolute Gasteiger partial charge is 0.321 e. The van der Waals surface area contributed by atoms with Crippen molar-refractivity contribution >= 4 is 23.1 Å². The first kappa shape index (κ1) is 38.7. The molecule has 0 spiro atoms. The molecule has 5 aromatic rings. The number of piperazine rings is 1. The molecular formula is C42H48F2N8O4. The van der Waals surface area contributed by atoms with Crippen molar-refractivity contribution in [3.05, 3.63) is 132 Å². The molecule has 2 saturated heterocycles. The number of aromatic nitrogens is 3. The standard InChI is InChI=1S/C42H48F2N8O4/c1-30(46-24-32-7-5-4-6-8-32)31(2)49(3)41(53)48-34-10-12-35(13-11-34)50-19-21-51(22-20-50)36-14-16-37(17-15-36)54-25-38-26-55-42(56-38,27-52-29-45-28-47-52)39-18-9-33(43)23-40(39)44/h4-18,23,28-31,38,46H,19-22,24-27H2,1-3H3,(H,48,53)/t30-,31?,38+,42+/m0/s1. The molecular weight excluding hydrogens is 719 g/mol. The topological polar surface area (TPSA) is 109 Å². The minimum Gasteiger partial charge on any atom is -0.491 e. The Kier molecular flexibility index (Phi) is 12.1. The van der Waals surface area contributed by atoms with E-state index in [0.29, 0.717) is 5.75 Å². The Balaban J connectivity index is 0.859. The fourth-order valence-corrected chi connectivity index (χ4v) is 6.98. The molecule has 4 aromatic carbocycles. The summed E-state index contributed by atoms with van der Waals surface area (Å²) >= 11 is 0. The molecule has 12 nitrogen and oxygen atoms in total.